The zero-order chi connectivity index (χ0) is 14.6. The summed E-state index contributed by atoms with van der Waals surface area (Å²) in [6, 6.07) is 2.24. The Balaban J connectivity index is 2.06. The molecule has 5 nitrogen and oxygen atoms in total. The number of hydrogen-bond donors (Lipinski definition) is 0. The van der Waals surface area contributed by atoms with Gasteiger partial charge in [-0.1, -0.05) is 19.0 Å². The third kappa shape index (κ3) is 3.57. The topological polar surface area (TPSA) is 71.9 Å². The van der Waals surface area contributed by atoms with Crippen molar-refractivity contribution < 1.29 is 9.26 Å². The first-order valence-electron chi connectivity index (χ1n) is 7.43. The highest BCUT2D eigenvalue weighted by Crippen LogP contribution is 2.42. The van der Waals surface area contributed by atoms with Crippen LogP contribution in [-0.2, 0) is 11.2 Å². The first-order chi connectivity index (χ1) is 9.61. The van der Waals surface area contributed by atoms with Gasteiger partial charge in [-0.3, -0.25) is 0 Å². The molecule has 0 amide bonds. The van der Waals surface area contributed by atoms with Gasteiger partial charge in [0, 0.05) is 19.4 Å². The highest BCUT2D eigenvalue weighted by molar-refractivity contribution is 5.00. The third-order valence-electron chi connectivity index (χ3n) is 4.07. The summed E-state index contributed by atoms with van der Waals surface area (Å²) in [7, 11) is 0. The van der Waals surface area contributed by atoms with Gasteiger partial charge in [0.15, 0.2) is 0 Å². The van der Waals surface area contributed by atoms with Crippen molar-refractivity contribution >= 4 is 0 Å². The van der Waals surface area contributed by atoms with E-state index < -0.39 is 0 Å². The molecule has 1 fully saturated rings. The Morgan fingerprint density at radius 1 is 1.50 bits per heavy atom. The summed E-state index contributed by atoms with van der Waals surface area (Å²) in [5.41, 5.74) is -0.0980. The summed E-state index contributed by atoms with van der Waals surface area (Å²) in [6.45, 7) is 6.81. The van der Waals surface area contributed by atoms with Crippen LogP contribution in [0.25, 0.3) is 0 Å². The second-order valence-corrected chi connectivity index (χ2v) is 5.94. The lowest BCUT2D eigenvalue weighted by molar-refractivity contribution is 0.0384. The minimum atomic E-state index is -0.0980. The van der Waals surface area contributed by atoms with Crippen LogP contribution in [-0.4, -0.2) is 16.7 Å². The molecule has 1 aliphatic rings. The predicted octanol–water partition coefficient (Wildman–Crippen LogP) is 3.43. The molecule has 1 aromatic rings. The molecule has 0 spiro atoms. The largest absolute Gasteiger partial charge is 0.370 e. The average Bonchev–Trinajstić information content (AvgIpc) is 3.17. The second kappa shape index (κ2) is 6.36. The van der Waals surface area contributed by atoms with Crippen LogP contribution in [0.4, 0.5) is 0 Å². The molecule has 2 rings (SSSR count). The van der Waals surface area contributed by atoms with E-state index in [2.05, 4.69) is 30.1 Å². The highest BCUT2D eigenvalue weighted by atomic mass is 16.5. The summed E-state index contributed by atoms with van der Waals surface area (Å²) in [5, 5.41) is 13.0. The van der Waals surface area contributed by atoms with Gasteiger partial charge >= 0.3 is 0 Å². The quantitative estimate of drug-likeness (QED) is 0.728. The van der Waals surface area contributed by atoms with Crippen molar-refractivity contribution in [2.75, 3.05) is 6.61 Å². The van der Waals surface area contributed by atoms with Gasteiger partial charge in [0.2, 0.25) is 11.7 Å². The van der Waals surface area contributed by atoms with Crippen LogP contribution in [0.3, 0.4) is 0 Å². The normalized spacial score (nSPS) is 19.3. The number of hydrogen-bond acceptors (Lipinski definition) is 5. The van der Waals surface area contributed by atoms with Crippen molar-refractivity contribution in [3.8, 4) is 6.07 Å². The molecular weight excluding hydrogens is 254 g/mol. The SMILES string of the molecule is CCOC(c1noc(CC(C)(CC)CC#N)n1)C1CC1. The van der Waals surface area contributed by atoms with Gasteiger partial charge in [-0.05, 0) is 37.5 Å². The van der Waals surface area contributed by atoms with E-state index in [4.69, 9.17) is 14.5 Å². The fourth-order valence-corrected chi connectivity index (χ4v) is 2.32. The summed E-state index contributed by atoms with van der Waals surface area (Å²) in [6.07, 6.45) is 4.38. The van der Waals surface area contributed by atoms with Gasteiger partial charge in [0.25, 0.3) is 0 Å². The highest BCUT2D eigenvalue weighted by Gasteiger charge is 2.36. The van der Waals surface area contributed by atoms with Crippen LogP contribution in [0.5, 0.6) is 0 Å². The van der Waals surface area contributed by atoms with Gasteiger partial charge in [0.05, 0.1) is 6.07 Å². The van der Waals surface area contributed by atoms with Gasteiger partial charge in [-0.15, -0.1) is 0 Å². The Kier molecular flexibility index (Phi) is 4.77. The minimum absolute atomic E-state index is 0.0265. The van der Waals surface area contributed by atoms with E-state index in [0.29, 0.717) is 37.1 Å². The first-order valence-corrected chi connectivity index (χ1v) is 7.43. The maximum absolute atomic E-state index is 8.92. The molecule has 0 radical (unpaired) electrons. The Bertz CT molecular complexity index is 476. The van der Waals surface area contributed by atoms with Crippen LogP contribution in [0, 0.1) is 22.7 Å². The van der Waals surface area contributed by atoms with Crippen LogP contribution in [0.2, 0.25) is 0 Å². The molecule has 0 saturated heterocycles. The van der Waals surface area contributed by atoms with Crippen molar-refractivity contribution in [2.24, 2.45) is 11.3 Å². The summed E-state index contributed by atoms with van der Waals surface area (Å²) < 4.78 is 11.1. The molecule has 1 heterocycles. The Morgan fingerprint density at radius 2 is 2.25 bits per heavy atom. The van der Waals surface area contributed by atoms with E-state index in [9.17, 15) is 0 Å². The number of aromatic nitrogens is 2. The molecule has 1 aromatic heterocycles. The van der Waals surface area contributed by atoms with Crippen LogP contribution in [0.1, 0.15) is 64.3 Å². The standard InChI is InChI=1S/C15H23N3O2/c1-4-15(3,8-9-16)10-12-17-14(18-20-12)13(19-5-2)11-6-7-11/h11,13H,4-8,10H2,1-3H3. The molecule has 2 atom stereocenters. The molecular formula is C15H23N3O2. The fraction of sp³-hybridized carbons (Fsp3) is 0.800. The number of nitrogens with zero attached hydrogens (tertiary/aromatic N) is 3. The third-order valence-corrected chi connectivity index (χ3v) is 4.07. The summed E-state index contributed by atoms with van der Waals surface area (Å²) in [4.78, 5) is 4.49. The van der Waals surface area contributed by atoms with Crippen LogP contribution >= 0.6 is 0 Å². The first kappa shape index (κ1) is 15.0. The Labute approximate surface area is 120 Å². The molecule has 110 valence electrons. The second-order valence-electron chi connectivity index (χ2n) is 5.94. The molecule has 5 heteroatoms. The van der Waals surface area contributed by atoms with Crippen LogP contribution < -0.4 is 0 Å². The smallest absolute Gasteiger partial charge is 0.227 e. The van der Waals surface area contributed by atoms with E-state index in [0.717, 1.165) is 6.42 Å². The summed E-state index contributed by atoms with van der Waals surface area (Å²) >= 11 is 0. The predicted molar refractivity (Wildman–Crippen MR) is 73.7 cm³/mol. The van der Waals surface area contributed by atoms with Crippen LogP contribution in [0.15, 0.2) is 4.52 Å². The number of ether oxygens (including phenoxy) is 1. The van der Waals surface area contributed by atoms with Crippen molar-refractivity contribution in [3.05, 3.63) is 11.7 Å². The molecule has 1 saturated carbocycles. The number of nitriles is 1. The monoisotopic (exact) mass is 277 g/mol. The van der Waals surface area contributed by atoms with Crippen molar-refractivity contribution in [1.82, 2.24) is 10.1 Å². The zero-order valence-corrected chi connectivity index (χ0v) is 12.6. The lowest BCUT2D eigenvalue weighted by Gasteiger charge is -2.22. The van der Waals surface area contributed by atoms with Gasteiger partial charge in [-0.25, -0.2) is 0 Å². The molecule has 0 aromatic carbocycles. The lowest BCUT2D eigenvalue weighted by atomic mass is 9.81. The minimum Gasteiger partial charge on any atom is -0.370 e. The Morgan fingerprint density at radius 3 is 2.80 bits per heavy atom. The molecule has 20 heavy (non-hydrogen) atoms. The van der Waals surface area contributed by atoms with Crippen molar-refractivity contribution in [2.45, 2.75) is 59.0 Å². The molecule has 1 aliphatic carbocycles. The van der Waals surface area contributed by atoms with Gasteiger partial charge in [-0.2, -0.15) is 10.2 Å². The van der Waals surface area contributed by atoms with Gasteiger partial charge < -0.3 is 9.26 Å². The molecule has 0 aliphatic heterocycles. The van der Waals surface area contributed by atoms with E-state index in [-0.39, 0.29) is 11.5 Å². The number of rotatable bonds is 8. The maximum atomic E-state index is 8.92. The van der Waals surface area contributed by atoms with E-state index in [1.54, 1.807) is 0 Å². The van der Waals surface area contributed by atoms with Gasteiger partial charge in [0.1, 0.15) is 6.10 Å². The summed E-state index contributed by atoms with van der Waals surface area (Å²) in [5.74, 6) is 1.82. The van der Waals surface area contributed by atoms with Crippen molar-refractivity contribution in [1.29, 1.82) is 5.26 Å². The Hall–Kier alpha value is -1.41. The zero-order valence-electron chi connectivity index (χ0n) is 12.6. The maximum Gasteiger partial charge on any atom is 0.227 e. The lowest BCUT2D eigenvalue weighted by Crippen LogP contribution is -2.18. The molecule has 0 bridgehead atoms. The van der Waals surface area contributed by atoms with E-state index in [1.807, 2.05) is 6.92 Å². The fourth-order valence-electron chi connectivity index (χ4n) is 2.32. The molecule has 2 unspecified atom stereocenters. The van der Waals surface area contributed by atoms with E-state index >= 15 is 0 Å². The van der Waals surface area contributed by atoms with E-state index in [1.165, 1.54) is 12.8 Å². The molecule has 0 N–H and O–H groups in total. The average molecular weight is 277 g/mol. The van der Waals surface area contributed by atoms with Crippen molar-refractivity contribution in [3.63, 3.8) is 0 Å².